The van der Waals surface area contributed by atoms with E-state index in [9.17, 15) is 9.90 Å². The number of allylic oxidation sites excluding steroid dienone is 1. The van der Waals surface area contributed by atoms with Crippen molar-refractivity contribution in [2.45, 2.75) is 101 Å². The van der Waals surface area contributed by atoms with Gasteiger partial charge in [0.05, 0.1) is 12.0 Å². The molecule has 0 unspecified atom stereocenters. The van der Waals surface area contributed by atoms with Crippen LogP contribution in [0.5, 0.6) is 0 Å². The van der Waals surface area contributed by atoms with Crippen molar-refractivity contribution in [1.82, 2.24) is 0 Å². The summed E-state index contributed by atoms with van der Waals surface area (Å²) in [7, 11) is 0. The number of carbonyl (C=O) groups is 1. The number of esters is 1. The normalized spacial score (nSPS) is 13.3. The van der Waals surface area contributed by atoms with Crippen LogP contribution < -0.4 is 0 Å². The quantitative estimate of drug-likeness (QED) is 0.118. The van der Waals surface area contributed by atoms with Crippen molar-refractivity contribution < 1.29 is 14.6 Å². The number of hydrogen-bond acceptors (Lipinski definition) is 3. The molecule has 0 aromatic rings. The van der Waals surface area contributed by atoms with Crippen LogP contribution in [0.2, 0.25) is 0 Å². The van der Waals surface area contributed by atoms with Crippen LogP contribution in [0.4, 0.5) is 0 Å². The summed E-state index contributed by atoms with van der Waals surface area (Å²) in [6, 6.07) is 0. The molecule has 0 bridgehead atoms. The standard InChI is InChI=1S/C20H35Cl3O3/c1-2-3-4-11-14-18(24)15-12-9-7-5-6-8-10-13-16-19(25)26-20(22,23)17-21/h9,12,18,24H,2-8,10-11,13-17H2,1H3/b12-9-/t18-/m1/s1. The van der Waals surface area contributed by atoms with E-state index in [0.29, 0.717) is 6.42 Å². The van der Waals surface area contributed by atoms with Gasteiger partial charge in [-0.2, -0.15) is 0 Å². The molecule has 154 valence electrons. The first kappa shape index (κ1) is 26.0. The molecule has 0 radical (unpaired) electrons. The number of rotatable bonds is 17. The maximum atomic E-state index is 11.5. The third-order valence-electron chi connectivity index (χ3n) is 4.14. The largest absolute Gasteiger partial charge is 0.427 e. The molecule has 0 amide bonds. The van der Waals surface area contributed by atoms with Crippen LogP contribution in [0.15, 0.2) is 12.2 Å². The molecule has 26 heavy (non-hydrogen) atoms. The summed E-state index contributed by atoms with van der Waals surface area (Å²) in [4.78, 5) is 11.5. The highest BCUT2D eigenvalue weighted by atomic mass is 35.5. The predicted octanol–water partition coefficient (Wildman–Crippen LogP) is 6.91. The lowest BCUT2D eigenvalue weighted by Crippen LogP contribution is -2.24. The molecule has 0 spiro atoms. The van der Waals surface area contributed by atoms with Gasteiger partial charge in [0.2, 0.25) is 0 Å². The third kappa shape index (κ3) is 17.5. The van der Waals surface area contributed by atoms with Crippen LogP contribution in [0.1, 0.15) is 90.4 Å². The van der Waals surface area contributed by atoms with Crippen LogP contribution in [0.3, 0.4) is 0 Å². The first-order valence-corrected chi connectivity index (χ1v) is 11.2. The van der Waals surface area contributed by atoms with Crippen LogP contribution in [0, 0.1) is 0 Å². The van der Waals surface area contributed by atoms with E-state index >= 15 is 0 Å². The first-order chi connectivity index (χ1) is 12.4. The fourth-order valence-corrected chi connectivity index (χ4v) is 2.83. The molecule has 0 aromatic carbocycles. The van der Waals surface area contributed by atoms with Crippen LogP contribution >= 0.6 is 34.8 Å². The Hall–Kier alpha value is 0.0400. The van der Waals surface area contributed by atoms with Crippen molar-refractivity contribution in [1.29, 1.82) is 0 Å². The number of alkyl halides is 3. The Kier molecular flexibility index (Phi) is 17.2. The summed E-state index contributed by atoms with van der Waals surface area (Å²) < 4.78 is 3.23. The number of carbonyl (C=O) groups excluding carboxylic acids is 1. The van der Waals surface area contributed by atoms with Crippen molar-refractivity contribution >= 4 is 40.8 Å². The summed E-state index contributed by atoms with van der Waals surface area (Å²) in [5.41, 5.74) is 0. The van der Waals surface area contributed by atoms with Gasteiger partial charge < -0.3 is 9.84 Å². The van der Waals surface area contributed by atoms with Crippen LogP contribution in [-0.4, -0.2) is 27.6 Å². The molecule has 0 aliphatic carbocycles. The maximum Gasteiger partial charge on any atom is 0.308 e. The molecule has 6 heteroatoms. The predicted molar refractivity (Wildman–Crippen MR) is 112 cm³/mol. The van der Waals surface area contributed by atoms with Gasteiger partial charge in [0, 0.05) is 6.42 Å². The molecule has 3 nitrogen and oxygen atoms in total. The van der Waals surface area contributed by atoms with Crippen molar-refractivity contribution in [3.05, 3.63) is 12.2 Å². The number of ether oxygens (including phenoxy) is 1. The second-order valence-corrected chi connectivity index (χ2v) is 8.44. The fourth-order valence-electron chi connectivity index (χ4n) is 2.60. The van der Waals surface area contributed by atoms with Crippen molar-refractivity contribution in [3.8, 4) is 0 Å². The van der Waals surface area contributed by atoms with E-state index in [0.717, 1.165) is 57.8 Å². The van der Waals surface area contributed by atoms with Gasteiger partial charge in [0.25, 0.3) is 4.52 Å². The van der Waals surface area contributed by atoms with E-state index < -0.39 is 10.5 Å². The molecule has 0 aliphatic heterocycles. The minimum atomic E-state index is -1.62. The van der Waals surface area contributed by atoms with E-state index in [2.05, 4.69) is 19.1 Å². The Bertz CT molecular complexity index is 373. The topological polar surface area (TPSA) is 46.5 Å². The number of aliphatic hydroxyl groups is 1. The van der Waals surface area contributed by atoms with Gasteiger partial charge >= 0.3 is 5.97 Å². The number of hydrogen-bond donors (Lipinski definition) is 1. The molecule has 1 atom stereocenters. The van der Waals surface area contributed by atoms with Gasteiger partial charge in [-0.05, 0) is 32.1 Å². The summed E-state index contributed by atoms with van der Waals surface area (Å²) in [6.07, 6.45) is 17.0. The highest BCUT2D eigenvalue weighted by Crippen LogP contribution is 2.25. The van der Waals surface area contributed by atoms with Gasteiger partial charge in [0.15, 0.2) is 0 Å². The lowest BCUT2D eigenvalue weighted by Gasteiger charge is -2.16. The van der Waals surface area contributed by atoms with E-state index in [4.69, 9.17) is 39.5 Å². The average molecular weight is 430 g/mol. The zero-order valence-electron chi connectivity index (χ0n) is 16.0. The number of unbranched alkanes of at least 4 members (excludes halogenated alkanes) is 8. The molecule has 0 fully saturated rings. The Balaban J connectivity index is 3.44. The maximum absolute atomic E-state index is 11.5. The molecular weight excluding hydrogens is 395 g/mol. The summed E-state index contributed by atoms with van der Waals surface area (Å²) >= 11 is 16.8. The summed E-state index contributed by atoms with van der Waals surface area (Å²) in [5, 5.41) is 9.87. The fraction of sp³-hybridized carbons (Fsp3) is 0.850. The van der Waals surface area contributed by atoms with Crippen LogP contribution in [0.25, 0.3) is 0 Å². The zero-order chi connectivity index (χ0) is 19.7. The molecule has 0 rings (SSSR count). The molecule has 1 N–H and O–H groups in total. The summed E-state index contributed by atoms with van der Waals surface area (Å²) in [6.45, 7) is 2.20. The van der Waals surface area contributed by atoms with Gasteiger partial charge in [-0.25, -0.2) is 0 Å². The first-order valence-electron chi connectivity index (χ1n) is 9.90. The molecule has 0 aromatic heterocycles. The van der Waals surface area contributed by atoms with Crippen molar-refractivity contribution in [2.75, 3.05) is 5.88 Å². The van der Waals surface area contributed by atoms with E-state index in [1.807, 2.05) is 0 Å². The van der Waals surface area contributed by atoms with E-state index in [-0.39, 0.29) is 12.0 Å². The molecule has 0 aliphatic rings. The minimum Gasteiger partial charge on any atom is -0.427 e. The number of aliphatic hydroxyl groups excluding tert-OH is 1. The lowest BCUT2D eigenvalue weighted by atomic mass is 10.1. The second kappa shape index (κ2) is 17.2. The molecular formula is C20H35Cl3O3. The van der Waals surface area contributed by atoms with Gasteiger partial charge in [-0.15, -0.1) is 11.6 Å². The third-order valence-corrected chi connectivity index (χ3v) is 5.21. The van der Waals surface area contributed by atoms with E-state index in [1.54, 1.807) is 0 Å². The molecule has 0 heterocycles. The van der Waals surface area contributed by atoms with E-state index in [1.165, 1.54) is 19.3 Å². The second-order valence-electron chi connectivity index (χ2n) is 6.76. The Labute approximate surface area is 174 Å². The molecule has 0 saturated heterocycles. The lowest BCUT2D eigenvalue weighted by molar-refractivity contribution is -0.146. The average Bonchev–Trinajstić information content (AvgIpc) is 2.60. The monoisotopic (exact) mass is 428 g/mol. The Morgan fingerprint density at radius 2 is 1.69 bits per heavy atom. The number of halogens is 3. The minimum absolute atomic E-state index is 0.148. The van der Waals surface area contributed by atoms with Gasteiger partial charge in [-0.3, -0.25) is 4.79 Å². The zero-order valence-corrected chi connectivity index (χ0v) is 18.3. The van der Waals surface area contributed by atoms with Crippen LogP contribution in [-0.2, 0) is 9.53 Å². The SMILES string of the molecule is CCCCCC[C@@H](O)C/C=C\CCCCCCCC(=O)OC(Cl)(Cl)CCl. The highest BCUT2D eigenvalue weighted by molar-refractivity contribution is 6.50. The highest BCUT2D eigenvalue weighted by Gasteiger charge is 2.27. The van der Waals surface area contributed by atoms with Gasteiger partial charge in [-0.1, -0.05) is 87.2 Å². The van der Waals surface area contributed by atoms with Crippen molar-refractivity contribution in [3.63, 3.8) is 0 Å². The molecule has 0 saturated carbocycles. The Morgan fingerprint density at radius 1 is 1.04 bits per heavy atom. The Morgan fingerprint density at radius 3 is 2.38 bits per heavy atom. The van der Waals surface area contributed by atoms with Gasteiger partial charge in [0.1, 0.15) is 0 Å². The van der Waals surface area contributed by atoms with Crippen molar-refractivity contribution in [2.24, 2.45) is 0 Å². The summed E-state index contributed by atoms with van der Waals surface area (Å²) in [5.74, 6) is -0.558. The smallest absolute Gasteiger partial charge is 0.308 e.